The molecule has 1 aliphatic carbocycles. The largest absolute Gasteiger partial charge is 0.450 e. The fourth-order valence-electron chi connectivity index (χ4n) is 6.60. The van der Waals surface area contributed by atoms with E-state index in [2.05, 4.69) is 35.8 Å². The van der Waals surface area contributed by atoms with Gasteiger partial charge < -0.3 is 25.4 Å². The molecule has 2 fully saturated rings. The number of alkyl carbamates (subject to hydrolysis) is 1. The van der Waals surface area contributed by atoms with Crippen LogP contribution in [0.4, 0.5) is 4.79 Å². The summed E-state index contributed by atoms with van der Waals surface area (Å²) in [6.07, 6.45) is 5.41. The van der Waals surface area contributed by atoms with Crippen LogP contribution in [-0.2, 0) is 21.6 Å². The van der Waals surface area contributed by atoms with Crippen molar-refractivity contribution in [1.29, 1.82) is 0 Å². The Morgan fingerprint density at radius 3 is 2.67 bits per heavy atom. The maximum atomic E-state index is 13.6. The van der Waals surface area contributed by atoms with E-state index in [4.69, 9.17) is 16.3 Å². The summed E-state index contributed by atoms with van der Waals surface area (Å²) >= 11 is 6.82. The molecular weight excluding hydrogens is 526 g/mol. The third-order valence-electron chi connectivity index (χ3n) is 8.79. The van der Waals surface area contributed by atoms with Crippen molar-refractivity contribution in [2.45, 2.75) is 69.9 Å². The van der Waals surface area contributed by atoms with Gasteiger partial charge in [0.05, 0.1) is 12.2 Å². The van der Waals surface area contributed by atoms with E-state index < -0.39 is 11.7 Å². The lowest BCUT2D eigenvalue weighted by Crippen LogP contribution is -2.50. The molecule has 0 bridgehead atoms. The van der Waals surface area contributed by atoms with Crippen LogP contribution < -0.4 is 10.6 Å². The highest BCUT2D eigenvalue weighted by atomic mass is 35.5. The first kappa shape index (κ1) is 30.4. The topological polar surface area (TPSA) is 90.9 Å². The third kappa shape index (κ3) is 7.17. The number of hydrogen-bond donors (Lipinski definition) is 3. The van der Waals surface area contributed by atoms with E-state index in [0.717, 1.165) is 55.3 Å². The van der Waals surface area contributed by atoms with Crippen molar-refractivity contribution in [2.24, 2.45) is 11.8 Å². The molecule has 3 N–H and O–H groups in total. The van der Waals surface area contributed by atoms with Gasteiger partial charge in [-0.15, -0.1) is 0 Å². The molecule has 4 rings (SSSR count). The van der Waals surface area contributed by atoms with Crippen molar-refractivity contribution in [3.63, 3.8) is 0 Å². The molecule has 1 saturated heterocycles. The van der Waals surface area contributed by atoms with Gasteiger partial charge in [-0.2, -0.15) is 0 Å². The van der Waals surface area contributed by atoms with Gasteiger partial charge in [0.25, 0.3) is 0 Å². The first-order chi connectivity index (χ1) is 19.2. The van der Waals surface area contributed by atoms with Gasteiger partial charge in [-0.1, -0.05) is 53.6 Å². The number of nitrogens with one attached hydrogen (secondary N) is 2. The highest BCUT2D eigenvalue weighted by molar-refractivity contribution is 6.31. The van der Waals surface area contributed by atoms with Gasteiger partial charge >= 0.3 is 6.09 Å². The molecule has 1 saturated carbocycles. The number of benzene rings is 2. The van der Waals surface area contributed by atoms with Gasteiger partial charge in [-0.25, -0.2) is 4.79 Å². The summed E-state index contributed by atoms with van der Waals surface area (Å²) in [6.45, 7) is 3.48. The van der Waals surface area contributed by atoms with E-state index in [0.29, 0.717) is 36.9 Å². The van der Waals surface area contributed by atoms with Crippen molar-refractivity contribution < 1.29 is 19.4 Å². The number of nitrogens with zero attached hydrogens (tertiary/aromatic N) is 1. The highest BCUT2D eigenvalue weighted by Gasteiger charge is 2.44. The molecule has 1 heterocycles. The number of rotatable bonds is 10. The van der Waals surface area contributed by atoms with Crippen LogP contribution in [0.5, 0.6) is 0 Å². The second-order valence-corrected chi connectivity index (χ2v) is 11.9. The van der Waals surface area contributed by atoms with Crippen LogP contribution in [-0.4, -0.2) is 61.8 Å². The molecule has 2 aliphatic rings. The van der Waals surface area contributed by atoms with Gasteiger partial charge in [-0.3, -0.25) is 4.79 Å². The summed E-state index contributed by atoms with van der Waals surface area (Å²) < 4.78 is 5.26. The number of ether oxygens (including phenoxy) is 1. The van der Waals surface area contributed by atoms with Crippen molar-refractivity contribution in [3.05, 3.63) is 69.7 Å². The van der Waals surface area contributed by atoms with E-state index in [1.165, 1.54) is 12.6 Å². The fourth-order valence-corrected chi connectivity index (χ4v) is 6.84. The van der Waals surface area contributed by atoms with Crippen molar-refractivity contribution in [1.82, 2.24) is 15.5 Å². The minimum Gasteiger partial charge on any atom is -0.450 e. The molecular formula is C32H44ClN3O4. The zero-order valence-electron chi connectivity index (χ0n) is 24.0. The summed E-state index contributed by atoms with van der Waals surface area (Å²) in [5, 5.41) is 19.1. The number of carbonyl (C=O) groups excluding carboxylic acids is 2. The Bertz CT molecular complexity index is 1170. The first-order valence-corrected chi connectivity index (χ1v) is 15.0. The number of hydrogen-bond acceptors (Lipinski definition) is 5. The van der Waals surface area contributed by atoms with Crippen LogP contribution >= 0.6 is 11.6 Å². The predicted molar refractivity (Wildman–Crippen MR) is 158 cm³/mol. The second-order valence-electron chi connectivity index (χ2n) is 11.5. The van der Waals surface area contributed by atoms with Crippen molar-refractivity contribution >= 4 is 23.6 Å². The average molecular weight is 570 g/mol. The predicted octanol–water partition coefficient (Wildman–Crippen LogP) is 5.19. The van der Waals surface area contributed by atoms with Crippen molar-refractivity contribution in [2.75, 3.05) is 33.8 Å². The van der Waals surface area contributed by atoms with Crippen LogP contribution in [0.3, 0.4) is 0 Å². The number of piperidine rings is 1. The number of likely N-dealkylation sites (tertiary alicyclic amines) is 1. The van der Waals surface area contributed by atoms with E-state index in [-0.39, 0.29) is 24.3 Å². The van der Waals surface area contributed by atoms with Gasteiger partial charge in [-0.05, 0) is 88.1 Å². The standard InChI is InChI=1S/C32H44ClN3O4/c1-22-8-4-9-23(18-22)19-27-28(11-5-12-29(27)33)32(39,15-7-17-40-31(38)35-3)25-10-6-16-36(21-25)30(37)24-13-14-26(20-24)34-2/h4-5,8-9,11-12,18,24-26,34,39H,6-7,10,13-17,19-21H2,1-3H3,(H,35,38)/t24-,25-,26+,32+/m1/s1. The second kappa shape index (κ2) is 13.8. The lowest BCUT2D eigenvalue weighted by molar-refractivity contribution is -0.141. The Morgan fingerprint density at radius 2 is 1.95 bits per heavy atom. The smallest absolute Gasteiger partial charge is 0.406 e. The monoisotopic (exact) mass is 569 g/mol. The van der Waals surface area contributed by atoms with Gasteiger partial charge in [0, 0.05) is 43.0 Å². The summed E-state index contributed by atoms with van der Waals surface area (Å²) in [6, 6.07) is 14.5. The van der Waals surface area contributed by atoms with Crippen LogP contribution in [0.1, 0.15) is 67.2 Å². The van der Waals surface area contributed by atoms with E-state index in [1.54, 1.807) is 0 Å². The summed E-state index contributed by atoms with van der Waals surface area (Å²) in [5.41, 5.74) is 2.76. The maximum absolute atomic E-state index is 13.6. The molecule has 1 aliphatic heterocycles. The first-order valence-electron chi connectivity index (χ1n) is 14.6. The molecule has 7 nitrogen and oxygen atoms in total. The lowest BCUT2D eigenvalue weighted by Gasteiger charge is -2.44. The zero-order chi connectivity index (χ0) is 28.7. The number of aliphatic hydroxyl groups is 1. The fraction of sp³-hybridized carbons (Fsp3) is 0.562. The van der Waals surface area contributed by atoms with Gasteiger partial charge in [0.2, 0.25) is 5.91 Å². The molecule has 2 amide bonds. The number of amides is 2. The van der Waals surface area contributed by atoms with E-state index in [1.807, 2.05) is 36.2 Å². The minimum atomic E-state index is -1.24. The van der Waals surface area contributed by atoms with Crippen molar-refractivity contribution in [3.8, 4) is 0 Å². The Hall–Kier alpha value is -2.61. The number of halogens is 1. The van der Waals surface area contributed by atoms with E-state index >= 15 is 0 Å². The maximum Gasteiger partial charge on any atom is 0.406 e. The Labute approximate surface area is 243 Å². The third-order valence-corrected chi connectivity index (χ3v) is 9.14. The molecule has 8 heteroatoms. The lowest BCUT2D eigenvalue weighted by atomic mass is 9.72. The molecule has 40 heavy (non-hydrogen) atoms. The summed E-state index contributed by atoms with van der Waals surface area (Å²) in [4.78, 5) is 27.2. The Balaban J connectivity index is 1.63. The van der Waals surface area contributed by atoms with Crippen LogP contribution in [0.25, 0.3) is 0 Å². The summed E-state index contributed by atoms with van der Waals surface area (Å²) in [5.74, 6) is 0.0774. The SMILES string of the molecule is CNC(=O)OCCC[C@@](O)(c1cccc(Cl)c1Cc1cccc(C)c1)[C@@H]1CCCN(C(=O)[C@@H]2CC[C@H](NC)C2)C1. The number of aryl methyl sites for hydroxylation is 1. The van der Waals surface area contributed by atoms with Gasteiger partial charge in [0.1, 0.15) is 0 Å². The molecule has 218 valence electrons. The number of carbonyl (C=O) groups is 2. The zero-order valence-corrected chi connectivity index (χ0v) is 24.8. The molecule has 2 aromatic carbocycles. The molecule has 0 unspecified atom stereocenters. The minimum absolute atomic E-state index is 0.0355. The van der Waals surface area contributed by atoms with Gasteiger partial charge in [0.15, 0.2) is 0 Å². The molecule has 0 radical (unpaired) electrons. The Morgan fingerprint density at radius 1 is 1.15 bits per heavy atom. The molecule has 4 atom stereocenters. The van der Waals surface area contributed by atoms with Crippen LogP contribution in [0, 0.1) is 18.8 Å². The quantitative estimate of drug-likeness (QED) is 0.343. The highest BCUT2D eigenvalue weighted by Crippen LogP contribution is 2.43. The van der Waals surface area contributed by atoms with Crippen LogP contribution in [0.15, 0.2) is 42.5 Å². The normalized spacial score (nSPS) is 22.5. The summed E-state index contributed by atoms with van der Waals surface area (Å²) in [7, 11) is 3.49. The molecule has 0 spiro atoms. The average Bonchev–Trinajstić information content (AvgIpc) is 3.45. The Kier molecular flexibility index (Phi) is 10.5. The van der Waals surface area contributed by atoms with Crippen LogP contribution in [0.2, 0.25) is 5.02 Å². The molecule has 2 aromatic rings. The molecule has 0 aromatic heterocycles. The van der Waals surface area contributed by atoms with E-state index in [9.17, 15) is 14.7 Å².